The van der Waals surface area contributed by atoms with Gasteiger partial charge < -0.3 is 14.1 Å². The van der Waals surface area contributed by atoms with E-state index < -0.39 is 15.9 Å². The quantitative estimate of drug-likeness (QED) is 0.855. The van der Waals surface area contributed by atoms with Crippen LogP contribution in [-0.4, -0.2) is 60.4 Å². The second-order valence-electron chi connectivity index (χ2n) is 5.28. The van der Waals surface area contributed by atoms with Gasteiger partial charge in [-0.2, -0.15) is 5.10 Å². The van der Waals surface area contributed by atoms with Crippen molar-refractivity contribution in [2.75, 3.05) is 26.0 Å². The summed E-state index contributed by atoms with van der Waals surface area (Å²) in [4.78, 5) is 18.2. The molecule has 1 atom stereocenters. The van der Waals surface area contributed by atoms with E-state index in [-0.39, 0.29) is 23.2 Å². The number of hydrogen-bond acceptors (Lipinski definition) is 7. The van der Waals surface area contributed by atoms with Crippen LogP contribution in [0, 0.1) is 6.92 Å². The van der Waals surface area contributed by atoms with Crippen molar-refractivity contribution in [3.05, 3.63) is 29.7 Å². The van der Waals surface area contributed by atoms with E-state index in [1.807, 2.05) is 0 Å². The van der Waals surface area contributed by atoms with Crippen molar-refractivity contribution in [1.82, 2.24) is 20.1 Å². The molecule has 0 aliphatic carbocycles. The molecule has 3 heterocycles. The van der Waals surface area contributed by atoms with Crippen molar-refractivity contribution in [3.8, 4) is 0 Å². The molecule has 124 valence electrons. The van der Waals surface area contributed by atoms with E-state index in [0.717, 1.165) is 6.26 Å². The summed E-state index contributed by atoms with van der Waals surface area (Å²) in [5.74, 6) is -0.223. The largest absolute Gasteiger partial charge is 0.438 e. The molecular formula is C13H16N4O5S. The number of aryl methyl sites for hydroxylation is 1. The number of carbonyl (C=O) groups excluding carboxylic acids is 1. The minimum absolute atomic E-state index is 0.0556. The Morgan fingerprint density at radius 2 is 2.26 bits per heavy atom. The highest BCUT2D eigenvalue weighted by Crippen LogP contribution is 2.29. The fraction of sp³-hybridized carbons (Fsp3) is 0.462. The van der Waals surface area contributed by atoms with Gasteiger partial charge in [-0.05, 0) is 6.92 Å². The molecule has 0 unspecified atom stereocenters. The van der Waals surface area contributed by atoms with Crippen LogP contribution in [0.3, 0.4) is 0 Å². The second-order valence-corrected chi connectivity index (χ2v) is 7.26. The number of ether oxygens (including phenoxy) is 1. The number of nitrogens with zero attached hydrogens (tertiary/aromatic N) is 3. The third-order valence-electron chi connectivity index (χ3n) is 3.69. The molecular weight excluding hydrogens is 324 g/mol. The van der Waals surface area contributed by atoms with Gasteiger partial charge >= 0.3 is 0 Å². The van der Waals surface area contributed by atoms with Crippen LogP contribution in [0.2, 0.25) is 0 Å². The van der Waals surface area contributed by atoms with Crippen LogP contribution in [0.25, 0.3) is 0 Å². The van der Waals surface area contributed by atoms with Gasteiger partial charge in [-0.3, -0.25) is 9.89 Å². The average molecular weight is 340 g/mol. The first-order chi connectivity index (χ1) is 10.9. The number of aromatic amines is 1. The lowest BCUT2D eigenvalue weighted by atomic mass is 10.1. The van der Waals surface area contributed by atoms with E-state index in [1.165, 1.54) is 17.5 Å². The molecule has 1 saturated heterocycles. The van der Waals surface area contributed by atoms with E-state index in [1.54, 1.807) is 6.92 Å². The fourth-order valence-electron chi connectivity index (χ4n) is 2.54. The maximum absolute atomic E-state index is 12.7. The monoisotopic (exact) mass is 340 g/mol. The van der Waals surface area contributed by atoms with Gasteiger partial charge in [-0.25, -0.2) is 13.4 Å². The Bertz CT molecular complexity index is 825. The van der Waals surface area contributed by atoms with Crippen molar-refractivity contribution in [1.29, 1.82) is 0 Å². The summed E-state index contributed by atoms with van der Waals surface area (Å²) in [6, 6.07) is -0.590. The zero-order valence-electron chi connectivity index (χ0n) is 12.6. The minimum Gasteiger partial charge on any atom is -0.438 e. The molecule has 3 rings (SSSR count). The number of sulfone groups is 1. The maximum atomic E-state index is 12.7. The number of aromatic nitrogens is 3. The molecule has 0 radical (unpaired) electrons. The highest BCUT2D eigenvalue weighted by molar-refractivity contribution is 7.90. The molecule has 2 aromatic rings. The number of oxazole rings is 1. The van der Waals surface area contributed by atoms with Crippen LogP contribution in [0.5, 0.6) is 0 Å². The van der Waals surface area contributed by atoms with Crippen LogP contribution in [0.15, 0.2) is 21.9 Å². The van der Waals surface area contributed by atoms with Gasteiger partial charge in [0.1, 0.15) is 4.90 Å². The molecule has 0 spiro atoms. The van der Waals surface area contributed by atoms with E-state index in [2.05, 4.69) is 15.2 Å². The summed E-state index contributed by atoms with van der Waals surface area (Å²) >= 11 is 0. The SMILES string of the molecule is Cc1ncoc1C(=O)N1CCOC[C@@H]1c1[nH]ncc1S(C)(=O)=O. The predicted octanol–water partition coefficient (Wildman–Crippen LogP) is 0.323. The van der Waals surface area contributed by atoms with E-state index in [4.69, 9.17) is 9.15 Å². The Morgan fingerprint density at radius 3 is 2.91 bits per heavy atom. The Kier molecular flexibility index (Phi) is 3.94. The molecule has 0 saturated carbocycles. The lowest BCUT2D eigenvalue weighted by Gasteiger charge is -2.34. The van der Waals surface area contributed by atoms with Crippen molar-refractivity contribution < 1.29 is 22.4 Å². The Hall–Kier alpha value is -2.20. The number of H-pyrrole nitrogens is 1. The highest BCUT2D eigenvalue weighted by Gasteiger charge is 2.35. The molecule has 1 fully saturated rings. The van der Waals surface area contributed by atoms with Gasteiger partial charge in [-0.1, -0.05) is 0 Å². The molecule has 1 amide bonds. The summed E-state index contributed by atoms with van der Waals surface area (Å²) in [5.41, 5.74) is 0.811. The van der Waals surface area contributed by atoms with E-state index in [9.17, 15) is 13.2 Å². The van der Waals surface area contributed by atoms with Crippen molar-refractivity contribution in [2.24, 2.45) is 0 Å². The first-order valence-electron chi connectivity index (χ1n) is 6.91. The van der Waals surface area contributed by atoms with Crippen LogP contribution in [0.1, 0.15) is 28.0 Å². The predicted molar refractivity (Wildman–Crippen MR) is 77.5 cm³/mol. The second kappa shape index (κ2) is 5.78. The van der Waals surface area contributed by atoms with Gasteiger partial charge in [0.25, 0.3) is 5.91 Å². The maximum Gasteiger partial charge on any atom is 0.292 e. The summed E-state index contributed by atoms with van der Waals surface area (Å²) < 4.78 is 34.3. The van der Waals surface area contributed by atoms with Gasteiger partial charge in [-0.15, -0.1) is 0 Å². The van der Waals surface area contributed by atoms with E-state index in [0.29, 0.717) is 24.5 Å². The minimum atomic E-state index is -3.47. The standard InChI is InChI=1S/C13H16N4O5S/c1-8-12(22-7-14-8)13(18)17-3-4-21-6-9(17)11-10(5-15-16-11)23(2,19)20/h5,7,9H,3-4,6H2,1-2H3,(H,15,16)/t9-/m1/s1. The molecule has 10 heteroatoms. The molecule has 1 aliphatic rings. The van der Waals surface area contributed by atoms with Gasteiger partial charge in [0.2, 0.25) is 5.76 Å². The summed E-state index contributed by atoms with van der Waals surface area (Å²) in [6.45, 7) is 2.51. The number of hydrogen-bond donors (Lipinski definition) is 1. The molecule has 0 bridgehead atoms. The molecule has 2 aromatic heterocycles. The molecule has 0 aromatic carbocycles. The Labute approximate surface area is 132 Å². The number of rotatable bonds is 3. The summed E-state index contributed by atoms with van der Waals surface area (Å²) in [5, 5.41) is 6.48. The first kappa shape index (κ1) is 15.7. The van der Waals surface area contributed by atoms with Crippen LogP contribution in [-0.2, 0) is 14.6 Å². The zero-order chi connectivity index (χ0) is 16.6. The summed E-state index contributed by atoms with van der Waals surface area (Å²) in [6.07, 6.45) is 3.54. The summed E-state index contributed by atoms with van der Waals surface area (Å²) in [7, 11) is -3.47. The topological polar surface area (TPSA) is 118 Å². The van der Waals surface area contributed by atoms with E-state index >= 15 is 0 Å². The lowest BCUT2D eigenvalue weighted by Crippen LogP contribution is -2.44. The molecule has 1 N–H and O–H groups in total. The van der Waals surface area contributed by atoms with Gasteiger partial charge in [0, 0.05) is 12.8 Å². The fourth-order valence-corrected chi connectivity index (χ4v) is 3.37. The number of amides is 1. The molecule has 1 aliphatic heterocycles. The van der Waals surface area contributed by atoms with Gasteiger partial charge in [0.05, 0.1) is 36.8 Å². The smallest absolute Gasteiger partial charge is 0.292 e. The zero-order valence-corrected chi connectivity index (χ0v) is 13.5. The van der Waals surface area contributed by atoms with Crippen LogP contribution >= 0.6 is 0 Å². The first-order valence-corrected chi connectivity index (χ1v) is 8.81. The van der Waals surface area contributed by atoms with Crippen molar-refractivity contribution in [3.63, 3.8) is 0 Å². The molecule has 23 heavy (non-hydrogen) atoms. The van der Waals surface area contributed by atoms with Gasteiger partial charge in [0.15, 0.2) is 16.2 Å². The number of carbonyl (C=O) groups is 1. The highest BCUT2D eigenvalue weighted by atomic mass is 32.2. The van der Waals surface area contributed by atoms with Crippen molar-refractivity contribution >= 4 is 15.7 Å². The third kappa shape index (κ3) is 2.86. The average Bonchev–Trinajstić information content (AvgIpc) is 3.14. The van der Waals surface area contributed by atoms with Crippen LogP contribution < -0.4 is 0 Å². The van der Waals surface area contributed by atoms with Crippen LogP contribution in [0.4, 0.5) is 0 Å². The normalized spacial score (nSPS) is 19.0. The number of morpholine rings is 1. The Balaban J connectivity index is 1.99. The third-order valence-corrected chi connectivity index (χ3v) is 4.82. The Morgan fingerprint density at radius 1 is 1.48 bits per heavy atom. The lowest BCUT2D eigenvalue weighted by molar-refractivity contribution is -0.00626. The number of nitrogens with one attached hydrogen (secondary N) is 1. The van der Waals surface area contributed by atoms with Crippen molar-refractivity contribution in [2.45, 2.75) is 17.9 Å². The molecule has 9 nitrogen and oxygen atoms in total.